The molecule has 1 atom stereocenters. The van der Waals surface area contributed by atoms with E-state index in [1.54, 1.807) is 29.4 Å². The van der Waals surface area contributed by atoms with Crippen LogP contribution in [0.5, 0.6) is 0 Å². The second-order valence-corrected chi connectivity index (χ2v) is 6.68. The standard InChI is InChI=1S/C19H19F2N5O/c20-15-3-4-17(21)14(10-15)11-24-8-1-2-16(24)12-26-19(27)6-5-18(23-26)25-9-7-22-13-25/h3-7,9-10,13,16H,1-2,8,11-12H2. The van der Waals surface area contributed by atoms with Gasteiger partial charge in [0.2, 0.25) is 0 Å². The Hall–Kier alpha value is -2.87. The van der Waals surface area contributed by atoms with Crippen molar-refractivity contribution in [1.29, 1.82) is 0 Å². The first kappa shape index (κ1) is 17.5. The molecule has 4 rings (SSSR count). The lowest BCUT2D eigenvalue weighted by Crippen LogP contribution is -2.37. The van der Waals surface area contributed by atoms with Gasteiger partial charge in [0.15, 0.2) is 5.82 Å². The summed E-state index contributed by atoms with van der Waals surface area (Å²) in [5.74, 6) is -0.264. The predicted molar refractivity (Wildman–Crippen MR) is 95.4 cm³/mol. The SMILES string of the molecule is O=c1ccc(-n2ccnc2)nn1CC1CCCN1Cc1cc(F)ccc1F. The van der Waals surface area contributed by atoms with Crippen molar-refractivity contribution in [2.45, 2.75) is 32.0 Å². The van der Waals surface area contributed by atoms with Gasteiger partial charge in [0.05, 0.1) is 6.54 Å². The van der Waals surface area contributed by atoms with E-state index in [4.69, 9.17) is 0 Å². The minimum Gasteiger partial charge on any atom is -0.294 e. The smallest absolute Gasteiger partial charge is 0.266 e. The molecule has 0 N–H and O–H groups in total. The van der Waals surface area contributed by atoms with Crippen LogP contribution < -0.4 is 5.56 Å². The van der Waals surface area contributed by atoms with Gasteiger partial charge >= 0.3 is 0 Å². The highest BCUT2D eigenvalue weighted by atomic mass is 19.1. The largest absolute Gasteiger partial charge is 0.294 e. The molecule has 0 radical (unpaired) electrons. The van der Waals surface area contributed by atoms with Crippen LogP contribution in [0, 0.1) is 11.6 Å². The number of benzene rings is 1. The van der Waals surface area contributed by atoms with E-state index in [0.29, 0.717) is 24.5 Å². The summed E-state index contributed by atoms with van der Waals surface area (Å²) >= 11 is 0. The highest BCUT2D eigenvalue weighted by Gasteiger charge is 2.26. The second kappa shape index (κ2) is 7.40. The fraction of sp³-hybridized carbons (Fsp3) is 0.316. The van der Waals surface area contributed by atoms with Crippen LogP contribution >= 0.6 is 0 Å². The third kappa shape index (κ3) is 3.80. The molecule has 2 aromatic heterocycles. The molecule has 3 aromatic rings. The van der Waals surface area contributed by atoms with E-state index in [9.17, 15) is 13.6 Å². The first-order valence-corrected chi connectivity index (χ1v) is 8.84. The van der Waals surface area contributed by atoms with Crippen LogP contribution in [0.1, 0.15) is 18.4 Å². The molecule has 1 saturated heterocycles. The van der Waals surface area contributed by atoms with Gasteiger partial charge in [-0.3, -0.25) is 14.3 Å². The predicted octanol–water partition coefficient (Wildman–Crippen LogP) is 2.37. The molecule has 1 aromatic carbocycles. The Morgan fingerprint density at radius 1 is 1.19 bits per heavy atom. The van der Waals surface area contributed by atoms with Crippen molar-refractivity contribution in [2.24, 2.45) is 0 Å². The molecule has 6 nitrogen and oxygen atoms in total. The minimum absolute atomic E-state index is 0.0379. The Kier molecular flexibility index (Phi) is 4.81. The zero-order valence-electron chi connectivity index (χ0n) is 14.6. The van der Waals surface area contributed by atoms with Crippen molar-refractivity contribution in [1.82, 2.24) is 24.2 Å². The molecule has 0 aliphatic carbocycles. The summed E-state index contributed by atoms with van der Waals surface area (Å²) in [5.41, 5.74) is 0.136. The summed E-state index contributed by atoms with van der Waals surface area (Å²) in [5, 5.41) is 4.42. The summed E-state index contributed by atoms with van der Waals surface area (Å²) in [7, 11) is 0. The molecule has 0 saturated carbocycles. The highest BCUT2D eigenvalue weighted by molar-refractivity contribution is 5.20. The Balaban J connectivity index is 1.54. The van der Waals surface area contributed by atoms with Gasteiger partial charge in [-0.15, -0.1) is 0 Å². The Labute approximate surface area is 154 Å². The van der Waals surface area contributed by atoms with Crippen LogP contribution in [-0.2, 0) is 13.1 Å². The van der Waals surface area contributed by atoms with Gasteiger partial charge in [-0.25, -0.2) is 18.4 Å². The lowest BCUT2D eigenvalue weighted by atomic mass is 10.1. The van der Waals surface area contributed by atoms with Crippen molar-refractivity contribution >= 4 is 0 Å². The first-order chi connectivity index (χ1) is 13.1. The number of aromatic nitrogens is 4. The van der Waals surface area contributed by atoms with E-state index in [1.165, 1.54) is 16.8 Å². The van der Waals surface area contributed by atoms with Gasteiger partial charge in [0, 0.05) is 36.6 Å². The average Bonchev–Trinajstić information content (AvgIpc) is 3.33. The van der Waals surface area contributed by atoms with Crippen LogP contribution in [0.4, 0.5) is 8.78 Å². The number of hydrogen-bond donors (Lipinski definition) is 0. The van der Waals surface area contributed by atoms with E-state index in [0.717, 1.165) is 31.5 Å². The molecule has 0 bridgehead atoms. The van der Waals surface area contributed by atoms with Gasteiger partial charge in [-0.1, -0.05) is 0 Å². The second-order valence-electron chi connectivity index (χ2n) is 6.68. The van der Waals surface area contributed by atoms with Gasteiger partial charge in [-0.2, -0.15) is 5.10 Å². The Morgan fingerprint density at radius 3 is 2.89 bits per heavy atom. The molecule has 1 aliphatic heterocycles. The van der Waals surface area contributed by atoms with E-state index in [-0.39, 0.29) is 11.6 Å². The van der Waals surface area contributed by atoms with Crippen molar-refractivity contribution in [3.63, 3.8) is 0 Å². The van der Waals surface area contributed by atoms with Gasteiger partial charge in [0.25, 0.3) is 5.56 Å². The van der Waals surface area contributed by atoms with E-state index in [2.05, 4.69) is 15.0 Å². The van der Waals surface area contributed by atoms with Gasteiger partial charge in [0.1, 0.15) is 18.0 Å². The Bertz CT molecular complexity index is 986. The zero-order valence-corrected chi connectivity index (χ0v) is 14.6. The average molecular weight is 371 g/mol. The lowest BCUT2D eigenvalue weighted by Gasteiger charge is -2.25. The summed E-state index contributed by atoms with van der Waals surface area (Å²) in [6, 6.07) is 6.66. The van der Waals surface area contributed by atoms with Crippen LogP contribution in [0.3, 0.4) is 0 Å². The third-order valence-corrected chi connectivity index (χ3v) is 4.89. The molecule has 1 fully saturated rings. The molecule has 1 aliphatic rings. The zero-order chi connectivity index (χ0) is 18.8. The van der Waals surface area contributed by atoms with Crippen molar-refractivity contribution in [2.75, 3.05) is 6.54 Å². The van der Waals surface area contributed by atoms with Crippen LogP contribution in [-0.4, -0.2) is 36.8 Å². The van der Waals surface area contributed by atoms with E-state index >= 15 is 0 Å². The number of nitrogens with zero attached hydrogens (tertiary/aromatic N) is 5. The summed E-state index contributed by atoms with van der Waals surface area (Å²) in [4.78, 5) is 18.3. The summed E-state index contributed by atoms with van der Waals surface area (Å²) in [6.07, 6.45) is 6.83. The fourth-order valence-corrected chi connectivity index (χ4v) is 3.49. The molecular weight excluding hydrogens is 352 g/mol. The fourth-order valence-electron chi connectivity index (χ4n) is 3.49. The van der Waals surface area contributed by atoms with E-state index < -0.39 is 11.6 Å². The van der Waals surface area contributed by atoms with Crippen LogP contribution in [0.2, 0.25) is 0 Å². The molecule has 3 heterocycles. The maximum absolute atomic E-state index is 14.0. The molecular formula is C19H19F2N5O. The van der Waals surface area contributed by atoms with Gasteiger partial charge in [-0.05, 0) is 43.7 Å². The maximum atomic E-state index is 14.0. The number of likely N-dealkylation sites (tertiary alicyclic amines) is 1. The van der Waals surface area contributed by atoms with Crippen molar-refractivity contribution < 1.29 is 8.78 Å². The first-order valence-electron chi connectivity index (χ1n) is 8.84. The molecule has 8 heteroatoms. The normalized spacial score (nSPS) is 17.5. The monoisotopic (exact) mass is 371 g/mol. The van der Waals surface area contributed by atoms with Crippen molar-refractivity contribution in [3.05, 3.63) is 76.6 Å². The lowest BCUT2D eigenvalue weighted by molar-refractivity contribution is 0.214. The molecule has 27 heavy (non-hydrogen) atoms. The molecule has 140 valence electrons. The molecule has 1 unspecified atom stereocenters. The Morgan fingerprint density at radius 2 is 2.07 bits per heavy atom. The van der Waals surface area contributed by atoms with Crippen molar-refractivity contribution in [3.8, 4) is 5.82 Å². The number of imidazole rings is 1. The summed E-state index contributed by atoms with van der Waals surface area (Å²) in [6.45, 7) is 1.49. The quantitative estimate of drug-likeness (QED) is 0.691. The maximum Gasteiger partial charge on any atom is 0.266 e. The minimum atomic E-state index is -0.451. The number of halogens is 2. The summed E-state index contributed by atoms with van der Waals surface area (Å²) < 4.78 is 30.6. The number of hydrogen-bond acceptors (Lipinski definition) is 4. The molecule has 0 amide bonds. The topological polar surface area (TPSA) is 56.0 Å². The molecule has 0 spiro atoms. The van der Waals surface area contributed by atoms with Crippen LogP contribution in [0.25, 0.3) is 5.82 Å². The highest BCUT2D eigenvalue weighted by Crippen LogP contribution is 2.22. The van der Waals surface area contributed by atoms with E-state index in [1.807, 2.05) is 0 Å². The number of rotatable bonds is 5. The third-order valence-electron chi connectivity index (χ3n) is 4.89. The van der Waals surface area contributed by atoms with Gasteiger partial charge < -0.3 is 0 Å². The van der Waals surface area contributed by atoms with Crippen LogP contribution in [0.15, 0.2) is 53.8 Å².